The molecule has 0 saturated carbocycles. The van der Waals surface area contributed by atoms with Gasteiger partial charge in [0.1, 0.15) is 5.15 Å². The first-order valence-electron chi connectivity index (χ1n) is 10.1. The Hall–Kier alpha value is -2.96. The van der Waals surface area contributed by atoms with E-state index in [1.807, 2.05) is 25.1 Å². The minimum Gasteiger partial charge on any atom is -0.383 e. The number of carbonyl (C=O) groups excluding carboxylic acids is 1. The summed E-state index contributed by atoms with van der Waals surface area (Å²) >= 11 is 6.58. The molecule has 0 radical (unpaired) electrons. The van der Waals surface area contributed by atoms with E-state index in [9.17, 15) is 4.79 Å². The monoisotopic (exact) mass is 438 g/mol. The first kappa shape index (κ1) is 22.7. The molecule has 0 spiro atoms. The molecule has 2 aromatic heterocycles. The zero-order valence-corrected chi connectivity index (χ0v) is 18.8. The molecule has 6 nitrogen and oxygen atoms in total. The number of pyridine rings is 1. The van der Waals surface area contributed by atoms with Gasteiger partial charge in [0, 0.05) is 31.5 Å². The summed E-state index contributed by atoms with van der Waals surface area (Å²) in [5.74, 6) is -0.135. The van der Waals surface area contributed by atoms with E-state index < -0.39 is 0 Å². The third-order valence-corrected chi connectivity index (χ3v) is 5.31. The number of aromatic nitrogens is 3. The summed E-state index contributed by atoms with van der Waals surface area (Å²) < 4.78 is 6.91. The van der Waals surface area contributed by atoms with E-state index in [4.69, 9.17) is 16.3 Å². The molecule has 0 atom stereocenters. The molecule has 0 aliphatic carbocycles. The van der Waals surface area contributed by atoms with Crippen LogP contribution in [-0.4, -0.2) is 45.8 Å². The van der Waals surface area contributed by atoms with Crippen LogP contribution in [0.25, 0.3) is 6.08 Å². The highest BCUT2D eigenvalue weighted by Crippen LogP contribution is 2.22. The van der Waals surface area contributed by atoms with Gasteiger partial charge >= 0.3 is 0 Å². The average Bonchev–Trinajstić information content (AvgIpc) is 3.04. The quantitative estimate of drug-likeness (QED) is 0.468. The van der Waals surface area contributed by atoms with Crippen molar-refractivity contribution < 1.29 is 9.53 Å². The lowest BCUT2D eigenvalue weighted by Crippen LogP contribution is -2.32. The fourth-order valence-corrected chi connectivity index (χ4v) is 3.44. The number of benzene rings is 1. The largest absolute Gasteiger partial charge is 0.383 e. The highest BCUT2D eigenvalue weighted by Gasteiger charge is 2.15. The number of hydrogen-bond acceptors (Lipinski definition) is 4. The van der Waals surface area contributed by atoms with Crippen molar-refractivity contribution in [1.82, 2.24) is 19.7 Å². The van der Waals surface area contributed by atoms with Gasteiger partial charge in [0.05, 0.1) is 31.1 Å². The molecule has 0 unspecified atom stereocenters. The van der Waals surface area contributed by atoms with Crippen LogP contribution in [0.4, 0.5) is 0 Å². The highest BCUT2D eigenvalue weighted by atomic mass is 35.5. The summed E-state index contributed by atoms with van der Waals surface area (Å²) in [6.07, 6.45) is 4.98. The second-order valence-corrected chi connectivity index (χ2v) is 7.70. The first-order chi connectivity index (χ1) is 15.0. The second kappa shape index (κ2) is 10.9. The molecule has 7 heteroatoms. The number of rotatable bonds is 9. The number of ether oxygens (including phenoxy) is 1. The summed E-state index contributed by atoms with van der Waals surface area (Å²) in [4.78, 5) is 18.9. The smallest absolute Gasteiger partial charge is 0.247 e. The van der Waals surface area contributed by atoms with Gasteiger partial charge in [-0.1, -0.05) is 47.5 Å². The fourth-order valence-electron chi connectivity index (χ4n) is 3.14. The number of aryl methyl sites for hydroxylation is 2. The zero-order valence-electron chi connectivity index (χ0n) is 18.1. The van der Waals surface area contributed by atoms with Gasteiger partial charge < -0.3 is 9.64 Å². The van der Waals surface area contributed by atoms with Crippen molar-refractivity contribution in [3.63, 3.8) is 0 Å². The Labute approximate surface area is 188 Å². The van der Waals surface area contributed by atoms with E-state index in [2.05, 4.69) is 41.3 Å². The Morgan fingerprint density at radius 1 is 1.19 bits per heavy atom. The van der Waals surface area contributed by atoms with Crippen LogP contribution in [0, 0.1) is 13.8 Å². The molecule has 0 N–H and O–H groups in total. The van der Waals surface area contributed by atoms with Gasteiger partial charge in [-0.2, -0.15) is 5.10 Å². The maximum atomic E-state index is 12.9. The van der Waals surface area contributed by atoms with Crippen LogP contribution < -0.4 is 0 Å². The fraction of sp³-hybridized carbons (Fsp3) is 0.292. The number of carbonyl (C=O) groups is 1. The molecule has 3 rings (SSSR count). The SMILES string of the molecule is COCCN(Cc1ccccn1)C(=O)/C=C/c1c(C)nn(Cc2ccc(C)cc2)c1Cl. The lowest BCUT2D eigenvalue weighted by Gasteiger charge is -2.20. The van der Waals surface area contributed by atoms with Crippen LogP contribution in [0.1, 0.15) is 28.1 Å². The zero-order chi connectivity index (χ0) is 22.2. The molecule has 0 aliphatic heterocycles. The topological polar surface area (TPSA) is 60.2 Å². The minimum atomic E-state index is -0.135. The molecule has 31 heavy (non-hydrogen) atoms. The van der Waals surface area contributed by atoms with Crippen molar-refractivity contribution in [3.05, 3.63) is 88.0 Å². The molecule has 162 valence electrons. The number of amides is 1. The van der Waals surface area contributed by atoms with Crippen molar-refractivity contribution in [2.45, 2.75) is 26.9 Å². The maximum Gasteiger partial charge on any atom is 0.247 e. The predicted octanol–water partition coefficient (Wildman–Crippen LogP) is 4.29. The van der Waals surface area contributed by atoms with Crippen molar-refractivity contribution in [3.8, 4) is 0 Å². The third-order valence-electron chi connectivity index (χ3n) is 4.91. The summed E-state index contributed by atoms with van der Waals surface area (Å²) in [5.41, 5.74) is 4.65. The molecule has 2 heterocycles. The van der Waals surface area contributed by atoms with Crippen molar-refractivity contribution in [2.24, 2.45) is 0 Å². The van der Waals surface area contributed by atoms with Crippen molar-refractivity contribution in [1.29, 1.82) is 0 Å². The standard InChI is InChI=1S/C24H27ClN4O2/c1-18-7-9-20(10-8-18)16-29-24(25)22(19(2)27-29)11-12-23(30)28(14-15-31-3)17-21-6-4-5-13-26-21/h4-13H,14-17H2,1-3H3/b12-11+. The summed E-state index contributed by atoms with van der Waals surface area (Å²) in [6, 6.07) is 13.9. The van der Waals surface area contributed by atoms with E-state index in [1.165, 1.54) is 11.6 Å². The van der Waals surface area contributed by atoms with Gasteiger partial charge in [-0.3, -0.25) is 9.78 Å². The van der Waals surface area contributed by atoms with Gasteiger partial charge in [-0.25, -0.2) is 4.68 Å². The van der Waals surface area contributed by atoms with E-state index in [1.54, 1.807) is 29.0 Å². The molecular weight excluding hydrogens is 412 g/mol. The van der Waals surface area contributed by atoms with Crippen LogP contribution in [0.5, 0.6) is 0 Å². The van der Waals surface area contributed by atoms with Crippen LogP contribution in [0.15, 0.2) is 54.7 Å². The summed E-state index contributed by atoms with van der Waals surface area (Å²) in [5, 5.41) is 5.06. The Balaban J connectivity index is 1.74. The number of hydrogen-bond donors (Lipinski definition) is 0. The number of halogens is 1. The third kappa shape index (κ3) is 6.26. The van der Waals surface area contributed by atoms with E-state index in [0.29, 0.717) is 31.4 Å². The highest BCUT2D eigenvalue weighted by molar-refractivity contribution is 6.31. The normalized spacial score (nSPS) is 11.2. The van der Waals surface area contributed by atoms with Gasteiger partial charge in [0.25, 0.3) is 0 Å². The van der Waals surface area contributed by atoms with Crippen LogP contribution in [0.3, 0.4) is 0 Å². The Kier molecular flexibility index (Phi) is 7.98. The molecule has 0 aliphatic rings. The van der Waals surface area contributed by atoms with Crippen LogP contribution in [0.2, 0.25) is 5.15 Å². The minimum absolute atomic E-state index is 0.135. The molecule has 1 amide bonds. The first-order valence-corrected chi connectivity index (χ1v) is 10.5. The molecule has 0 saturated heterocycles. The maximum absolute atomic E-state index is 12.9. The lowest BCUT2D eigenvalue weighted by atomic mass is 10.1. The molecule has 0 bridgehead atoms. The van der Waals surface area contributed by atoms with Crippen molar-refractivity contribution >= 4 is 23.6 Å². The molecular formula is C24H27ClN4O2. The Bertz CT molecular complexity index is 1030. The van der Waals surface area contributed by atoms with E-state index in [0.717, 1.165) is 22.5 Å². The predicted molar refractivity (Wildman–Crippen MR) is 123 cm³/mol. The average molecular weight is 439 g/mol. The molecule has 3 aromatic rings. The van der Waals surface area contributed by atoms with Gasteiger partial charge in [-0.05, 0) is 37.6 Å². The van der Waals surface area contributed by atoms with Gasteiger partial charge in [0.2, 0.25) is 5.91 Å². The summed E-state index contributed by atoms with van der Waals surface area (Å²) in [6.45, 7) is 5.83. The number of nitrogens with zero attached hydrogens (tertiary/aromatic N) is 4. The Morgan fingerprint density at radius 2 is 1.97 bits per heavy atom. The van der Waals surface area contributed by atoms with Crippen molar-refractivity contribution in [2.75, 3.05) is 20.3 Å². The molecule has 1 aromatic carbocycles. The number of methoxy groups -OCH3 is 1. The van der Waals surface area contributed by atoms with E-state index in [-0.39, 0.29) is 5.91 Å². The van der Waals surface area contributed by atoms with Crippen LogP contribution in [-0.2, 0) is 22.6 Å². The van der Waals surface area contributed by atoms with Crippen LogP contribution >= 0.6 is 11.6 Å². The second-order valence-electron chi connectivity index (χ2n) is 7.34. The summed E-state index contributed by atoms with van der Waals surface area (Å²) in [7, 11) is 1.62. The van der Waals surface area contributed by atoms with E-state index >= 15 is 0 Å². The molecule has 0 fully saturated rings. The Morgan fingerprint density at radius 3 is 2.65 bits per heavy atom. The van der Waals surface area contributed by atoms with Gasteiger partial charge in [-0.15, -0.1) is 0 Å². The lowest BCUT2D eigenvalue weighted by molar-refractivity contribution is -0.127. The van der Waals surface area contributed by atoms with Gasteiger partial charge in [0.15, 0.2) is 0 Å².